The van der Waals surface area contributed by atoms with Crippen molar-refractivity contribution in [1.82, 2.24) is 9.62 Å². The molecule has 7 heteroatoms. The van der Waals surface area contributed by atoms with Crippen molar-refractivity contribution in [2.24, 2.45) is 0 Å². The summed E-state index contributed by atoms with van der Waals surface area (Å²) in [4.78, 5) is 15.4. The summed E-state index contributed by atoms with van der Waals surface area (Å²) < 4.78 is 26.6. The molecule has 0 radical (unpaired) electrons. The number of hydrogen-bond acceptors (Lipinski definition) is 4. The van der Waals surface area contributed by atoms with Crippen LogP contribution in [-0.2, 0) is 33.5 Å². The third-order valence-electron chi connectivity index (χ3n) is 4.02. The lowest BCUT2D eigenvalue weighted by Gasteiger charge is -2.27. The minimum absolute atomic E-state index is 0.00531. The Morgan fingerprint density at radius 2 is 2.00 bits per heavy atom. The van der Waals surface area contributed by atoms with E-state index in [1.807, 2.05) is 18.2 Å². The summed E-state index contributed by atoms with van der Waals surface area (Å²) in [5.74, 6) is -0.0708. The first-order valence-electron chi connectivity index (χ1n) is 7.88. The van der Waals surface area contributed by atoms with Crippen molar-refractivity contribution in [3.8, 4) is 0 Å². The van der Waals surface area contributed by atoms with Gasteiger partial charge in [0.1, 0.15) is 0 Å². The highest BCUT2D eigenvalue weighted by Gasteiger charge is 2.21. The van der Waals surface area contributed by atoms with E-state index in [1.54, 1.807) is 28.4 Å². The Morgan fingerprint density at radius 3 is 2.79 bits per heavy atom. The Morgan fingerprint density at radius 1 is 1.21 bits per heavy atom. The van der Waals surface area contributed by atoms with Crippen molar-refractivity contribution in [2.45, 2.75) is 25.1 Å². The summed E-state index contributed by atoms with van der Waals surface area (Å²) in [5.41, 5.74) is 1.95. The predicted molar refractivity (Wildman–Crippen MR) is 95.1 cm³/mol. The largest absolute Gasteiger partial charge is 0.338 e. The van der Waals surface area contributed by atoms with Crippen LogP contribution in [-0.4, -0.2) is 32.3 Å². The van der Waals surface area contributed by atoms with E-state index < -0.39 is 10.0 Å². The molecule has 0 saturated heterocycles. The predicted octanol–water partition coefficient (Wildman–Crippen LogP) is 2.14. The number of sulfonamides is 1. The summed E-state index contributed by atoms with van der Waals surface area (Å²) in [5, 5.41) is 2.05. The number of carbonyl (C=O) groups excluding carboxylic acids is 1. The molecule has 1 aromatic heterocycles. The first-order valence-corrected chi connectivity index (χ1v) is 10.4. The first kappa shape index (κ1) is 17.1. The van der Waals surface area contributed by atoms with Crippen molar-refractivity contribution in [1.29, 1.82) is 0 Å². The molecule has 5 nitrogen and oxygen atoms in total. The molecular formula is C17H20N2O3S2. The van der Waals surface area contributed by atoms with Gasteiger partial charge in [-0.1, -0.05) is 30.3 Å². The van der Waals surface area contributed by atoms with Crippen molar-refractivity contribution < 1.29 is 13.2 Å². The summed E-state index contributed by atoms with van der Waals surface area (Å²) in [6, 6.07) is 11.1. The maximum Gasteiger partial charge on any atom is 0.224 e. The highest BCUT2D eigenvalue weighted by molar-refractivity contribution is 7.88. The smallest absolute Gasteiger partial charge is 0.224 e. The van der Waals surface area contributed by atoms with Gasteiger partial charge in [0.25, 0.3) is 0 Å². The van der Waals surface area contributed by atoms with Crippen LogP contribution in [0.15, 0.2) is 41.8 Å². The fourth-order valence-electron chi connectivity index (χ4n) is 2.78. The summed E-state index contributed by atoms with van der Waals surface area (Å²) in [6.45, 7) is 1.48. The van der Waals surface area contributed by atoms with Crippen molar-refractivity contribution >= 4 is 27.3 Å². The molecule has 1 N–H and O–H groups in total. The Kier molecular flexibility index (Phi) is 5.33. The first-order chi connectivity index (χ1) is 11.5. The summed E-state index contributed by atoms with van der Waals surface area (Å²) in [7, 11) is -3.42. The normalized spacial score (nSPS) is 14.4. The lowest BCUT2D eigenvalue weighted by Crippen LogP contribution is -2.37. The number of fused-ring (bicyclic) bond motifs is 1. The fourth-order valence-corrected chi connectivity index (χ4v) is 4.81. The zero-order valence-corrected chi connectivity index (χ0v) is 14.9. The van der Waals surface area contributed by atoms with Crippen LogP contribution in [0.5, 0.6) is 0 Å². The molecule has 2 heterocycles. The lowest BCUT2D eigenvalue weighted by molar-refractivity contribution is -0.131. The van der Waals surface area contributed by atoms with E-state index in [9.17, 15) is 13.2 Å². The molecule has 0 fully saturated rings. The lowest BCUT2D eigenvalue weighted by atomic mass is 10.1. The van der Waals surface area contributed by atoms with Gasteiger partial charge in [0, 0.05) is 30.9 Å². The third-order valence-corrected chi connectivity index (χ3v) is 6.40. The Labute approximate surface area is 146 Å². The molecule has 0 unspecified atom stereocenters. The van der Waals surface area contributed by atoms with Gasteiger partial charge in [-0.3, -0.25) is 4.79 Å². The van der Waals surface area contributed by atoms with Crippen LogP contribution in [0.25, 0.3) is 0 Å². The van der Waals surface area contributed by atoms with Crippen LogP contribution < -0.4 is 4.72 Å². The SMILES string of the molecule is O=C(CCNS(=O)(=O)Cc1ccccc1)N1CCc2sccc2C1. The standard InChI is InChI=1S/C17H20N2O3S2/c20-17(19-10-7-16-15(12-19)8-11-23-16)6-9-18-24(21,22)13-14-4-2-1-3-5-14/h1-5,8,11,18H,6-7,9-10,12-13H2. The molecule has 2 aromatic rings. The second-order valence-corrected chi connectivity index (χ2v) is 8.63. The quantitative estimate of drug-likeness (QED) is 0.854. The minimum atomic E-state index is -3.42. The van der Waals surface area contributed by atoms with Crippen LogP contribution in [0.3, 0.4) is 0 Å². The molecule has 24 heavy (non-hydrogen) atoms. The molecule has 1 aliphatic rings. The maximum absolute atomic E-state index is 12.3. The van der Waals surface area contributed by atoms with Gasteiger partial charge >= 0.3 is 0 Å². The Balaban J connectivity index is 1.47. The van der Waals surface area contributed by atoms with Crippen LogP contribution >= 0.6 is 11.3 Å². The van der Waals surface area contributed by atoms with E-state index in [4.69, 9.17) is 0 Å². The summed E-state index contributed by atoms with van der Waals surface area (Å²) in [6.07, 6.45) is 1.08. The van der Waals surface area contributed by atoms with E-state index >= 15 is 0 Å². The van der Waals surface area contributed by atoms with Crippen molar-refractivity contribution in [3.05, 3.63) is 57.8 Å². The van der Waals surface area contributed by atoms with E-state index in [2.05, 4.69) is 16.2 Å². The molecule has 1 aliphatic heterocycles. The molecule has 1 amide bonds. The topological polar surface area (TPSA) is 66.5 Å². The van der Waals surface area contributed by atoms with Gasteiger partial charge < -0.3 is 4.90 Å². The average Bonchev–Trinajstić information content (AvgIpc) is 3.02. The highest BCUT2D eigenvalue weighted by Crippen LogP contribution is 2.24. The molecule has 128 valence electrons. The van der Waals surface area contributed by atoms with Gasteiger partial charge in [-0.25, -0.2) is 13.1 Å². The number of hydrogen-bond donors (Lipinski definition) is 1. The van der Waals surface area contributed by atoms with Crippen molar-refractivity contribution in [3.63, 3.8) is 0 Å². The number of benzene rings is 1. The van der Waals surface area contributed by atoms with Crippen LogP contribution in [0.4, 0.5) is 0 Å². The molecule has 0 spiro atoms. The zero-order chi connectivity index (χ0) is 17.0. The second kappa shape index (κ2) is 7.46. The molecule has 0 bridgehead atoms. The van der Waals surface area contributed by atoms with Gasteiger partial charge in [-0.2, -0.15) is 0 Å². The number of carbonyl (C=O) groups is 1. The van der Waals surface area contributed by atoms with E-state index in [0.29, 0.717) is 13.1 Å². The second-order valence-electron chi connectivity index (χ2n) is 5.82. The van der Waals surface area contributed by atoms with Gasteiger partial charge in [0.15, 0.2) is 0 Å². The fraction of sp³-hybridized carbons (Fsp3) is 0.353. The Hall–Kier alpha value is -1.70. The number of amides is 1. The molecule has 3 rings (SSSR count). The number of rotatable bonds is 6. The highest BCUT2D eigenvalue weighted by atomic mass is 32.2. The minimum Gasteiger partial charge on any atom is -0.338 e. The number of nitrogens with zero attached hydrogens (tertiary/aromatic N) is 1. The molecule has 0 saturated carbocycles. The van der Waals surface area contributed by atoms with Gasteiger partial charge in [0.05, 0.1) is 5.75 Å². The van der Waals surface area contributed by atoms with Crippen LogP contribution in [0.2, 0.25) is 0 Å². The Bertz CT molecular complexity index is 800. The zero-order valence-electron chi connectivity index (χ0n) is 13.3. The molecule has 0 aliphatic carbocycles. The van der Waals surface area contributed by atoms with Gasteiger partial charge in [-0.15, -0.1) is 11.3 Å². The van der Waals surface area contributed by atoms with Crippen LogP contribution in [0.1, 0.15) is 22.4 Å². The van der Waals surface area contributed by atoms with E-state index in [1.165, 1.54) is 10.4 Å². The summed E-state index contributed by atoms with van der Waals surface area (Å²) >= 11 is 1.73. The monoisotopic (exact) mass is 364 g/mol. The van der Waals surface area contributed by atoms with Crippen molar-refractivity contribution in [2.75, 3.05) is 13.1 Å². The van der Waals surface area contributed by atoms with Crippen LogP contribution in [0, 0.1) is 0 Å². The maximum atomic E-state index is 12.3. The van der Waals surface area contributed by atoms with Gasteiger partial charge in [0.2, 0.25) is 15.9 Å². The van der Waals surface area contributed by atoms with E-state index in [0.717, 1.165) is 12.0 Å². The van der Waals surface area contributed by atoms with Gasteiger partial charge in [-0.05, 0) is 29.0 Å². The average molecular weight is 364 g/mol. The number of thiophene rings is 1. The third kappa shape index (κ3) is 4.43. The van der Waals surface area contributed by atoms with E-state index in [-0.39, 0.29) is 24.6 Å². The number of nitrogens with one attached hydrogen (secondary N) is 1. The molecular weight excluding hydrogens is 344 g/mol. The molecule has 1 aromatic carbocycles. The molecule has 0 atom stereocenters.